The molecule has 7 nitrogen and oxygen atoms in total. The van der Waals surface area contributed by atoms with Crippen LogP contribution in [-0.2, 0) is 11.2 Å². The lowest BCUT2D eigenvalue weighted by Gasteiger charge is -2.40. The minimum Gasteiger partial charge on any atom is -0.490 e. The maximum atomic E-state index is 10.4. The van der Waals surface area contributed by atoms with E-state index in [9.17, 15) is 25.5 Å². The van der Waals surface area contributed by atoms with E-state index in [2.05, 4.69) is 0 Å². The number of hydrogen-bond donors (Lipinski definition) is 5. The Hall–Kier alpha value is -1.71. The van der Waals surface area contributed by atoms with Crippen LogP contribution in [-0.4, -0.2) is 68.8 Å². The van der Waals surface area contributed by atoms with Crippen molar-refractivity contribution in [3.8, 4) is 5.75 Å². The van der Waals surface area contributed by atoms with Crippen LogP contribution < -0.4 is 4.74 Å². The normalized spacial score (nSPS) is 32.5. The maximum absolute atomic E-state index is 10.4. The van der Waals surface area contributed by atoms with Gasteiger partial charge >= 0.3 is 0 Å². The zero-order valence-electron chi connectivity index (χ0n) is 18.3. The number of hydrogen-bond acceptors (Lipinski definition) is 7. The Bertz CT molecular complexity index is 919. The smallest absolute Gasteiger partial charge is 0.119 e. The molecule has 1 aliphatic carbocycles. The molecule has 5 N–H and O–H groups in total. The van der Waals surface area contributed by atoms with Crippen molar-refractivity contribution >= 4 is 11.6 Å². The van der Waals surface area contributed by atoms with Gasteiger partial charge in [-0.25, -0.2) is 0 Å². The highest BCUT2D eigenvalue weighted by atomic mass is 35.5. The molecule has 0 aromatic heterocycles. The van der Waals surface area contributed by atoms with Gasteiger partial charge < -0.3 is 35.0 Å². The number of rotatable bonds is 6. The molecule has 33 heavy (non-hydrogen) atoms. The zero-order chi connectivity index (χ0) is 23.5. The van der Waals surface area contributed by atoms with E-state index in [1.54, 1.807) is 12.1 Å². The van der Waals surface area contributed by atoms with Crippen LogP contribution in [0, 0.1) is 0 Å². The second kappa shape index (κ2) is 10.7. The second-order valence-corrected chi connectivity index (χ2v) is 9.39. The van der Waals surface area contributed by atoms with Crippen LogP contribution in [0.3, 0.4) is 0 Å². The molecular formula is C25H31ClO7. The molecule has 8 heteroatoms. The lowest BCUT2D eigenvalue weighted by Crippen LogP contribution is -2.55. The van der Waals surface area contributed by atoms with Gasteiger partial charge in [-0.2, -0.15) is 0 Å². The lowest BCUT2D eigenvalue weighted by molar-refractivity contribution is -0.231. The fraction of sp³-hybridized carbons (Fsp3) is 0.520. The lowest BCUT2D eigenvalue weighted by atomic mass is 9.90. The van der Waals surface area contributed by atoms with E-state index in [1.165, 1.54) is 0 Å². The van der Waals surface area contributed by atoms with E-state index in [1.807, 2.05) is 30.3 Å². The minimum atomic E-state index is -1.43. The summed E-state index contributed by atoms with van der Waals surface area (Å²) in [6.07, 6.45) is -2.37. The maximum Gasteiger partial charge on any atom is 0.119 e. The number of aliphatic hydroxyl groups excluding tert-OH is 5. The summed E-state index contributed by atoms with van der Waals surface area (Å²) >= 11 is 6.42. The van der Waals surface area contributed by atoms with Gasteiger partial charge in [-0.15, -0.1) is 0 Å². The molecule has 0 bridgehead atoms. The Balaban J connectivity index is 1.46. The first-order valence-corrected chi connectivity index (χ1v) is 11.8. The van der Waals surface area contributed by atoms with E-state index in [0.717, 1.165) is 36.1 Å². The molecule has 0 spiro atoms. The van der Waals surface area contributed by atoms with Gasteiger partial charge in [0.05, 0.1) is 12.7 Å². The Morgan fingerprint density at radius 3 is 2.39 bits per heavy atom. The highest BCUT2D eigenvalue weighted by Crippen LogP contribution is 2.34. The average Bonchev–Trinajstić information content (AvgIpc) is 2.81. The van der Waals surface area contributed by atoms with Crippen molar-refractivity contribution in [1.29, 1.82) is 0 Å². The quantitative estimate of drug-likeness (QED) is 0.431. The van der Waals surface area contributed by atoms with E-state index in [4.69, 9.17) is 21.1 Å². The standard InChI is InChI=1S/C25H31ClO7/c26-20-9-6-15(25-24(31)23(30)22(29)21(13-27)33-25)11-16(20)10-14-4-7-18(8-5-14)32-19-3-1-2-17(28)12-19/h4-9,11,17,19,21-25,27-31H,1-3,10,12-13H2/t17-,19+,21+,22+,23-,24+,25-/m0/s1. The van der Waals surface area contributed by atoms with Crippen LogP contribution in [0.2, 0.25) is 5.02 Å². The average molecular weight is 479 g/mol. The summed E-state index contributed by atoms with van der Waals surface area (Å²) in [5.41, 5.74) is 2.43. The highest BCUT2D eigenvalue weighted by Gasteiger charge is 2.44. The van der Waals surface area contributed by atoms with Gasteiger partial charge in [0.2, 0.25) is 0 Å². The monoisotopic (exact) mass is 478 g/mol. The summed E-state index contributed by atoms with van der Waals surface area (Å²) in [4.78, 5) is 0. The van der Waals surface area contributed by atoms with Crippen molar-refractivity contribution in [3.63, 3.8) is 0 Å². The Kier molecular flexibility index (Phi) is 7.91. The van der Waals surface area contributed by atoms with Crippen LogP contribution in [0.1, 0.15) is 48.5 Å². The molecule has 2 aromatic rings. The largest absolute Gasteiger partial charge is 0.490 e. The molecule has 0 amide bonds. The van der Waals surface area contributed by atoms with Crippen molar-refractivity contribution < 1.29 is 35.0 Å². The van der Waals surface area contributed by atoms with Crippen molar-refractivity contribution in [2.45, 2.75) is 74.8 Å². The van der Waals surface area contributed by atoms with E-state index in [-0.39, 0.29) is 12.2 Å². The van der Waals surface area contributed by atoms with Crippen LogP contribution >= 0.6 is 11.6 Å². The topological polar surface area (TPSA) is 120 Å². The third-order valence-electron chi connectivity index (χ3n) is 6.51. The predicted octanol–water partition coefficient (Wildman–Crippen LogP) is 2.13. The summed E-state index contributed by atoms with van der Waals surface area (Å²) < 4.78 is 11.7. The van der Waals surface area contributed by atoms with Gasteiger partial charge in [0.1, 0.15) is 42.4 Å². The van der Waals surface area contributed by atoms with Gasteiger partial charge in [-0.1, -0.05) is 35.9 Å². The minimum absolute atomic E-state index is 0.0317. The molecule has 7 atom stereocenters. The molecule has 4 rings (SSSR count). The molecule has 2 aromatic carbocycles. The fourth-order valence-electron chi connectivity index (χ4n) is 4.61. The van der Waals surface area contributed by atoms with Gasteiger partial charge in [0.15, 0.2) is 0 Å². The van der Waals surface area contributed by atoms with E-state index < -0.39 is 37.1 Å². The van der Waals surface area contributed by atoms with Crippen LogP contribution in [0.25, 0.3) is 0 Å². The van der Waals surface area contributed by atoms with Crippen molar-refractivity contribution in [2.24, 2.45) is 0 Å². The summed E-state index contributed by atoms with van der Waals surface area (Å²) in [7, 11) is 0. The highest BCUT2D eigenvalue weighted by molar-refractivity contribution is 6.31. The fourth-order valence-corrected chi connectivity index (χ4v) is 4.79. The molecule has 0 unspecified atom stereocenters. The molecule has 180 valence electrons. The number of ether oxygens (including phenoxy) is 2. The zero-order valence-corrected chi connectivity index (χ0v) is 19.0. The van der Waals surface area contributed by atoms with Crippen LogP contribution in [0.4, 0.5) is 0 Å². The SMILES string of the molecule is OC[C@H]1O[C@@H](c2ccc(Cl)c(Cc3ccc(O[C@@H]4CCC[C@H](O)C4)cc3)c2)[C@H](O)[C@@H](O)[C@@H]1O. The van der Waals surface area contributed by atoms with Crippen molar-refractivity contribution in [2.75, 3.05) is 6.61 Å². The second-order valence-electron chi connectivity index (χ2n) is 8.98. The van der Waals surface area contributed by atoms with Gasteiger partial charge in [0.25, 0.3) is 0 Å². The number of benzene rings is 2. The predicted molar refractivity (Wildman–Crippen MR) is 122 cm³/mol. The van der Waals surface area contributed by atoms with E-state index in [0.29, 0.717) is 23.4 Å². The molecule has 1 heterocycles. The third kappa shape index (κ3) is 5.69. The summed E-state index contributed by atoms with van der Waals surface area (Å²) in [5, 5.41) is 50.4. The van der Waals surface area contributed by atoms with Gasteiger partial charge in [-0.3, -0.25) is 0 Å². The van der Waals surface area contributed by atoms with Crippen molar-refractivity contribution in [1.82, 2.24) is 0 Å². The Labute approximate surface area is 198 Å². The van der Waals surface area contributed by atoms with Gasteiger partial charge in [-0.05, 0) is 60.6 Å². The van der Waals surface area contributed by atoms with Crippen LogP contribution in [0.5, 0.6) is 5.75 Å². The first-order chi connectivity index (χ1) is 15.9. The first kappa shape index (κ1) is 24.4. The Morgan fingerprint density at radius 2 is 1.70 bits per heavy atom. The number of aliphatic hydroxyl groups is 5. The third-order valence-corrected chi connectivity index (χ3v) is 6.88. The van der Waals surface area contributed by atoms with Gasteiger partial charge in [0, 0.05) is 11.4 Å². The first-order valence-electron chi connectivity index (χ1n) is 11.4. The van der Waals surface area contributed by atoms with E-state index >= 15 is 0 Å². The molecule has 2 aliphatic rings. The number of halogens is 1. The summed E-state index contributed by atoms with van der Waals surface area (Å²) in [6, 6.07) is 13.0. The van der Waals surface area contributed by atoms with Crippen LogP contribution in [0.15, 0.2) is 42.5 Å². The molecular weight excluding hydrogens is 448 g/mol. The molecule has 2 fully saturated rings. The Morgan fingerprint density at radius 1 is 0.939 bits per heavy atom. The molecule has 1 saturated carbocycles. The van der Waals surface area contributed by atoms with Crippen molar-refractivity contribution in [3.05, 3.63) is 64.2 Å². The molecule has 0 radical (unpaired) electrons. The summed E-state index contributed by atoms with van der Waals surface area (Å²) in [6.45, 7) is -0.476. The summed E-state index contributed by atoms with van der Waals surface area (Å²) in [5.74, 6) is 0.763. The molecule has 1 saturated heterocycles. The molecule has 1 aliphatic heterocycles.